The van der Waals surface area contributed by atoms with E-state index in [1.807, 2.05) is 32.0 Å². The van der Waals surface area contributed by atoms with Crippen LogP contribution < -0.4 is 4.74 Å². The van der Waals surface area contributed by atoms with E-state index in [0.29, 0.717) is 19.4 Å². The van der Waals surface area contributed by atoms with Gasteiger partial charge in [0.1, 0.15) is 5.75 Å². The van der Waals surface area contributed by atoms with Gasteiger partial charge < -0.3 is 14.9 Å². The van der Waals surface area contributed by atoms with Crippen LogP contribution in [0.25, 0.3) is 0 Å². The van der Waals surface area contributed by atoms with Gasteiger partial charge in [0.05, 0.1) is 12.7 Å². The lowest BCUT2D eigenvalue weighted by Crippen LogP contribution is -2.01. The van der Waals surface area contributed by atoms with Gasteiger partial charge in [0, 0.05) is 6.61 Å². The summed E-state index contributed by atoms with van der Waals surface area (Å²) < 4.78 is 5.43. The molecule has 90 valence electrons. The zero-order valence-corrected chi connectivity index (χ0v) is 9.94. The average molecular weight is 224 g/mol. The summed E-state index contributed by atoms with van der Waals surface area (Å²) in [6.45, 7) is 4.68. The Morgan fingerprint density at radius 3 is 2.69 bits per heavy atom. The number of aliphatic hydroxyl groups excluding tert-OH is 2. The molecule has 3 nitrogen and oxygen atoms in total. The van der Waals surface area contributed by atoms with Crippen molar-refractivity contribution in [1.82, 2.24) is 0 Å². The summed E-state index contributed by atoms with van der Waals surface area (Å²) in [6, 6.07) is 5.70. The predicted molar refractivity (Wildman–Crippen MR) is 63.6 cm³/mol. The second-order valence-electron chi connectivity index (χ2n) is 3.84. The minimum Gasteiger partial charge on any atom is -0.494 e. The first kappa shape index (κ1) is 13.0. The molecule has 1 aromatic carbocycles. The topological polar surface area (TPSA) is 49.7 Å². The highest BCUT2D eigenvalue weighted by molar-refractivity contribution is 5.37. The molecule has 0 amide bonds. The summed E-state index contributed by atoms with van der Waals surface area (Å²) in [5.41, 5.74) is 1.91. The van der Waals surface area contributed by atoms with Crippen molar-refractivity contribution in [2.75, 3.05) is 13.2 Å². The molecule has 0 bridgehead atoms. The van der Waals surface area contributed by atoms with Crippen molar-refractivity contribution in [3.63, 3.8) is 0 Å². The fourth-order valence-corrected chi connectivity index (χ4v) is 1.65. The van der Waals surface area contributed by atoms with E-state index in [2.05, 4.69) is 0 Å². The van der Waals surface area contributed by atoms with Crippen molar-refractivity contribution in [3.05, 3.63) is 29.3 Å². The van der Waals surface area contributed by atoms with Gasteiger partial charge in [-0.05, 0) is 49.9 Å². The van der Waals surface area contributed by atoms with Crippen LogP contribution >= 0.6 is 0 Å². The Labute approximate surface area is 96.7 Å². The number of ether oxygens (including phenoxy) is 1. The van der Waals surface area contributed by atoms with Crippen LogP contribution in [0.3, 0.4) is 0 Å². The molecule has 16 heavy (non-hydrogen) atoms. The molecular weight excluding hydrogens is 204 g/mol. The number of aliphatic hydroxyl groups is 2. The molecule has 1 unspecified atom stereocenters. The molecule has 0 heterocycles. The standard InChI is InChI=1S/C13H20O3/c1-3-16-13-7-6-11(9-10(13)2)12(15)5-4-8-14/h6-7,9,12,14-15H,3-5,8H2,1-2H3. The van der Waals surface area contributed by atoms with Crippen molar-refractivity contribution in [3.8, 4) is 5.75 Å². The smallest absolute Gasteiger partial charge is 0.122 e. The van der Waals surface area contributed by atoms with Gasteiger partial charge in [0.15, 0.2) is 0 Å². The van der Waals surface area contributed by atoms with Crippen LogP contribution in [0.2, 0.25) is 0 Å². The van der Waals surface area contributed by atoms with Gasteiger partial charge in [0.25, 0.3) is 0 Å². The first-order chi connectivity index (χ1) is 7.69. The fourth-order valence-electron chi connectivity index (χ4n) is 1.65. The quantitative estimate of drug-likeness (QED) is 0.778. The zero-order chi connectivity index (χ0) is 12.0. The number of rotatable bonds is 6. The fraction of sp³-hybridized carbons (Fsp3) is 0.538. The molecule has 0 aliphatic heterocycles. The van der Waals surface area contributed by atoms with Crippen LogP contribution in [0, 0.1) is 6.92 Å². The lowest BCUT2D eigenvalue weighted by atomic mass is 10.0. The van der Waals surface area contributed by atoms with E-state index in [1.54, 1.807) is 0 Å². The van der Waals surface area contributed by atoms with Gasteiger partial charge in [-0.3, -0.25) is 0 Å². The summed E-state index contributed by atoms with van der Waals surface area (Å²) >= 11 is 0. The summed E-state index contributed by atoms with van der Waals surface area (Å²) in [6.07, 6.45) is 0.707. The maximum Gasteiger partial charge on any atom is 0.122 e. The molecule has 0 aliphatic carbocycles. The highest BCUT2D eigenvalue weighted by Gasteiger charge is 2.09. The van der Waals surface area contributed by atoms with Crippen molar-refractivity contribution in [2.45, 2.75) is 32.8 Å². The van der Waals surface area contributed by atoms with Gasteiger partial charge in [-0.15, -0.1) is 0 Å². The molecular formula is C13H20O3. The third-order valence-electron chi connectivity index (χ3n) is 2.52. The van der Waals surface area contributed by atoms with Gasteiger partial charge in [-0.2, -0.15) is 0 Å². The molecule has 1 rings (SSSR count). The highest BCUT2D eigenvalue weighted by Crippen LogP contribution is 2.24. The Morgan fingerprint density at radius 2 is 2.12 bits per heavy atom. The molecule has 1 atom stereocenters. The summed E-state index contributed by atoms with van der Waals surface area (Å²) in [5, 5.41) is 18.5. The molecule has 0 spiro atoms. The third-order valence-corrected chi connectivity index (χ3v) is 2.52. The van der Waals surface area contributed by atoms with E-state index in [1.165, 1.54) is 0 Å². The summed E-state index contributed by atoms with van der Waals surface area (Å²) in [4.78, 5) is 0. The summed E-state index contributed by atoms with van der Waals surface area (Å²) in [7, 11) is 0. The minimum atomic E-state index is -0.499. The van der Waals surface area contributed by atoms with Crippen LogP contribution in [-0.4, -0.2) is 23.4 Å². The first-order valence-corrected chi connectivity index (χ1v) is 5.71. The van der Waals surface area contributed by atoms with Gasteiger partial charge in [-0.25, -0.2) is 0 Å². The second kappa shape index (κ2) is 6.51. The molecule has 0 saturated heterocycles. The van der Waals surface area contributed by atoms with E-state index in [4.69, 9.17) is 9.84 Å². The number of benzene rings is 1. The number of hydrogen-bond donors (Lipinski definition) is 2. The molecule has 0 radical (unpaired) electrons. The van der Waals surface area contributed by atoms with E-state index in [9.17, 15) is 5.11 Å². The summed E-state index contributed by atoms with van der Waals surface area (Å²) in [5.74, 6) is 0.862. The Kier molecular flexibility index (Phi) is 5.29. The molecule has 3 heteroatoms. The molecule has 0 aliphatic rings. The molecule has 1 aromatic rings. The molecule has 2 N–H and O–H groups in total. The van der Waals surface area contributed by atoms with E-state index >= 15 is 0 Å². The van der Waals surface area contributed by atoms with Crippen LogP contribution in [-0.2, 0) is 0 Å². The van der Waals surface area contributed by atoms with Crippen molar-refractivity contribution in [2.24, 2.45) is 0 Å². The van der Waals surface area contributed by atoms with E-state index in [-0.39, 0.29) is 6.61 Å². The lowest BCUT2D eigenvalue weighted by molar-refractivity contribution is 0.151. The molecule has 0 fully saturated rings. The molecule has 0 aromatic heterocycles. The SMILES string of the molecule is CCOc1ccc(C(O)CCCO)cc1C. The van der Waals surface area contributed by atoms with Crippen LogP contribution in [0.15, 0.2) is 18.2 Å². The van der Waals surface area contributed by atoms with Gasteiger partial charge in [0.2, 0.25) is 0 Å². The normalized spacial score (nSPS) is 12.5. The third kappa shape index (κ3) is 3.51. The monoisotopic (exact) mass is 224 g/mol. The Balaban J connectivity index is 2.71. The van der Waals surface area contributed by atoms with Gasteiger partial charge >= 0.3 is 0 Å². The highest BCUT2D eigenvalue weighted by atomic mass is 16.5. The maximum absolute atomic E-state index is 9.84. The largest absolute Gasteiger partial charge is 0.494 e. The average Bonchev–Trinajstić information content (AvgIpc) is 2.29. The van der Waals surface area contributed by atoms with E-state index in [0.717, 1.165) is 16.9 Å². The number of aryl methyl sites for hydroxylation is 1. The minimum absolute atomic E-state index is 0.118. The van der Waals surface area contributed by atoms with Crippen molar-refractivity contribution in [1.29, 1.82) is 0 Å². The predicted octanol–water partition coefficient (Wildman–Crippen LogP) is 2.20. The van der Waals surface area contributed by atoms with Crippen LogP contribution in [0.4, 0.5) is 0 Å². The Hall–Kier alpha value is -1.06. The van der Waals surface area contributed by atoms with Crippen LogP contribution in [0.1, 0.15) is 37.0 Å². The second-order valence-corrected chi connectivity index (χ2v) is 3.84. The Bertz CT molecular complexity index is 323. The van der Waals surface area contributed by atoms with Gasteiger partial charge in [-0.1, -0.05) is 6.07 Å². The van der Waals surface area contributed by atoms with Crippen LogP contribution in [0.5, 0.6) is 5.75 Å². The Morgan fingerprint density at radius 1 is 1.38 bits per heavy atom. The molecule has 0 saturated carbocycles. The number of hydrogen-bond acceptors (Lipinski definition) is 3. The lowest BCUT2D eigenvalue weighted by Gasteiger charge is -2.13. The van der Waals surface area contributed by atoms with Crippen molar-refractivity contribution < 1.29 is 14.9 Å². The first-order valence-electron chi connectivity index (χ1n) is 5.71. The zero-order valence-electron chi connectivity index (χ0n) is 9.94. The van der Waals surface area contributed by atoms with E-state index < -0.39 is 6.10 Å². The van der Waals surface area contributed by atoms with Crippen molar-refractivity contribution >= 4 is 0 Å². The maximum atomic E-state index is 9.84.